The van der Waals surface area contributed by atoms with E-state index >= 15 is 0 Å². The molecule has 0 amide bonds. The van der Waals surface area contributed by atoms with E-state index in [1.165, 1.54) is 0 Å². The summed E-state index contributed by atoms with van der Waals surface area (Å²) in [5.74, 6) is 0. The summed E-state index contributed by atoms with van der Waals surface area (Å²) in [6.45, 7) is 1.84. The zero-order valence-electron chi connectivity index (χ0n) is 11.0. The van der Waals surface area contributed by atoms with Gasteiger partial charge in [0.05, 0.1) is 10.5 Å². The van der Waals surface area contributed by atoms with Crippen LogP contribution in [-0.2, 0) is 16.2 Å². The Morgan fingerprint density at radius 1 is 1.00 bits per heavy atom. The second-order valence-electron chi connectivity index (χ2n) is 4.50. The maximum absolute atomic E-state index is 12.6. The molecule has 7 heteroatoms. The number of hydrogen-bond donors (Lipinski definition) is 1. The standard InChI is InChI=1S/C14H12F3NO2S/c1-10-5-7-12(8-6-10)18-21(19,20)13-4-2-3-11(9-13)14(15,16)17/h2-9,18H,1H3. The summed E-state index contributed by atoms with van der Waals surface area (Å²) in [4.78, 5) is -0.432. The van der Waals surface area contributed by atoms with Gasteiger partial charge in [0.1, 0.15) is 0 Å². The lowest BCUT2D eigenvalue weighted by molar-refractivity contribution is -0.137. The van der Waals surface area contributed by atoms with Gasteiger partial charge in [-0.2, -0.15) is 13.2 Å². The molecule has 0 radical (unpaired) electrons. The number of halogens is 3. The monoisotopic (exact) mass is 315 g/mol. The molecule has 3 nitrogen and oxygen atoms in total. The Kier molecular flexibility index (Phi) is 3.95. The van der Waals surface area contributed by atoms with Gasteiger partial charge in [-0.25, -0.2) is 8.42 Å². The van der Waals surface area contributed by atoms with Crippen molar-refractivity contribution in [1.82, 2.24) is 0 Å². The van der Waals surface area contributed by atoms with Crippen LogP contribution in [-0.4, -0.2) is 8.42 Å². The minimum absolute atomic E-state index is 0.290. The Morgan fingerprint density at radius 2 is 1.62 bits per heavy atom. The fraction of sp³-hybridized carbons (Fsp3) is 0.143. The van der Waals surface area contributed by atoms with Gasteiger partial charge in [0.25, 0.3) is 10.0 Å². The SMILES string of the molecule is Cc1ccc(NS(=O)(=O)c2cccc(C(F)(F)F)c2)cc1. The summed E-state index contributed by atoms with van der Waals surface area (Å²) in [5.41, 5.74) is 0.226. The van der Waals surface area contributed by atoms with E-state index in [2.05, 4.69) is 4.72 Å². The maximum atomic E-state index is 12.6. The predicted molar refractivity (Wildman–Crippen MR) is 73.4 cm³/mol. The average molecular weight is 315 g/mol. The van der Waals surface area contributed by atoms with Crippen molar-refractivity contribution in [3.63, 3.8) is 0 Å². The number of anilines is 1. The molecule has 21 heavy (non-hydrogen) atoms. The molecule has 0 heterocycles. The lowest BCUT2D eigenvalue weighted by atomic mass is 10.2. The summed E-state index contributed by atoms with van der Waals surface area (Å²) >= 11 is 0. The number of benzene rings is 2. The zero-order chi connectivity index (χ0) is 15.7. The van der Waals surface area contributed by atoms with E-state index < -0.39 is 26.7 Å². The Morgan fingerprint density at radius 3 is 2.19 bits per heavy atom. The van der Waals surface area contributed by atoms with Gasteiger partial charge in [-0.3, -0.25) is 4.72 Å². The van der Waals surface area contributed by atoms with Crippen LogP contribution in [0.5, 0.6) is 0 Å². The summed E-state index contributed by atoms with van der Waals surface area (Å²) in [5, 5.41) is 0. The topological polar surface area (TPSA) is 46.2 Å². The minimum Gasteiger partial charge on any atom is -0.280 e. The molecule has 0 aromatic heterocycles. The van der Waals surface area contributed by atoms with Gasteiger partial charge in [-0.1, -0.05) is 23.8 Å². The summed E-state index contributed by atoms with van der Waals surface area (Å²) in [7, 11) is -4.06. The van der Waals surface area contributed by atoms with Crippen molar-refractivity contribution in [2.45, 2.75) is 18.0 Å². The molecular weight excluding hydrogens is 303 g/mol. The van der Waals surface area contributed by atoms with Crippen LogP contribution in [0.1, 0.15) is 11.1 Å². The molecule has 0 spiro atoms. The van der Waals surface area contributed by atoms with Crippen molar-refractivity contribution in [2.24, 2.45) is 0 Å². The van der Waals surface area contributed by atoms with E-state index in [0.29, 0.717) is 6.07 Å². The highest BCUT2D eigenvalue weighted by Crippen LogP contribution is 2.30. The van der Waals surface area contributed by atoms with Crippen LogP contribution in [0, 0.1) is 6.92 Å². The minimum atomic E-state index is -4.59. The van der Waals surface area contributed by atoms with Crippen molar-refractivity contribution in [3.8, 4) is 0 Å². The second-order valence-corrected chi connectivity index (χ2v) is 6.18. The molecule has 112 valence electrons. The number of alkyl halides is 3. The van der Waals surface area contributed by atoms with E-state index in [1.807, 2.05) is 6.92 Å². The first kappa shape index (κ1) is 15.4. The quantitative estimate of drug-likeness (QED) is 0.936. The van der Waals surface area contributed by atoms with E-state index in [1.54, 1.807) is 24.3 Å². The molecule has 0 unspecified atom stereocenters. The number of aryl methyl sites for hydroxylation is 1. The van der Waals surface area contributed by atoms with Crippen LogP contribution < -0.4 is 4.72 Å². The first-order chi connectivity index (χ1) is 9.68. The number of nitrogens with one attached hydrogen (secondary N) is 1. The molecule has 0 aliphatic rings. The molecule has 0 aliphatic carbocycles. The normalized spacial score (nSPS) is 12.2. The highest BCUT2D eigenvalue weighted by molar-refractivity contribution is 7.92. The van der Waals surface area contributed by atoms with Crippen molar-refractivity contribution < 1.29 is 21.6 Å². The fourth-order valence-corrected chi connectivity index (χ4v) is 2.78. The average Bonchev–Trinajstić information content (AvgIpc) is 2.40. The van der Waals surface area contributed by atoms with Gasteiger partial charge in [0.15, 0.2) is 0 Å². The van der Waals surface area contributed by atoms with Crippen molar-refractivity contribution >= 4 is 15.7 Å². The fourth-order valence-electron chi connectivity index (χ4n) is 1.68. The third-order valence-electron chi connectivity index (χ3n) is 2.78. The molecule has 2 aromatic rings. The van der Waals surface area contributed by atoms with Crippen LogP contribution in [0.25, 0.3) is 0 Å². The van der Waals surface area contributed by atoms with Gasteiger partial charge >= 0.3 is 6.18 Å². The third-order valence-corrected chi connectivity index (χ3v) is 4.15. The van der Waals surface area contributed by atoms with Crippen LogP contribution in [0.4, 0.5) is 18.9 Å². The lowest BCUT2D eigenvalue weighted by Gasteiger charge is -2.11. The predicted octanol–water partition coefficient (Wildman–Crippen LogP) is 3.81. The number of hydrogen-bond acceptors (Lipinski definition) is 2. The summed E-state index contributed by atoms with van der Waals surface area (Å²) < 4.78 is 64.3. The molecule has 1 N–H and O–H groups in total. The highest BCUT2D eigenvalue weighted by atomic mass is 32.2. The Balaban J connectivity index is 2.34. The van der Waals surface area contributed by atoms with Crippen LogP contribution in [0.15, 0.2) is 53.4 Å². The smallest absolute Gasteiger partial charge is 0.280 e. The van der Waals surface area contributed by atoms with E-state index in [-0.39, 0.29) is 5.69 Å². The van der Waals surface area contributed by atoms with Gasteiger partial charge < -0.3 is 0 Å². The maximum Gasteiger partial charge on any atom is 0.416 e. The number of rotatable bonds is 3. The molecule has 2 aromatic carbocycles. The van der Waals surface area contributed by atoms with Crippen LogP contribution in [0.3, 0.4) is 0 Å². The van der Waals surface area contributed by atoms with Crippen LogP contribution in [0.2, 0.25) is 0 Å². The first-order valence-electron chi connectivity index (χ1n) is 5.95. The summed E-state index contributed by atoms with van der Waals surface area (Å²) in [6.07, 6.45) is -4.59. The van der Waals surface area contributed by atoms with E-state index in [4.69, 9.17) is 0 Å². The van der Waals surface area contributed by atoms with E-state index in [0.717, 1.165) is 23.8 Å². The molecule has 0 saturated heterocycles. The van der Waals surface area contributed by atoms with Gasteiger partial charge in [0, 0.05) is 5.69 Å². The Hall–Kier alpha value is -2.02. The molecule has 0 aliphatic heterocycles. The van der Waals surface area contributed by atoms with Crippen molar-refractivity contribution in [3.05, 3.63) is 59.7 Å². The van der Waals surface area contributed by atoms with Gasteiger partial charge in [0.2, 0.25) is 0 Å². The Labute approximate surface area is 120 Å². The molecule has 0 bridgehead atoms. The molecule has 2 rings (SSSR count). The summed E-state index contributed by atoms with van der Waals surface area (Å²) in [6, 6.07) is 10.1. The molecule has 0 fully saturated rings. The highest BCUT2D eigenvalue weighted by Gasteiger charge is 2.31. The largest absolute Gasteiger partial charge is 0.416 e. The first-order valence-corrected chi connectivity index (χ1v) is 7.43. The van der Waals surface area contributed by atoms with Gasteiger partial charge in [-0.05, 0) is 37.3 Å². The van der Waals surface area contributed by atoms with Gasteiger partial charge in [-0.15, -0.1) is 0 Å². The zero-order valence-corrected chi connectivity index (χ0v) is 11.8. The third kappa shape index (κ3) is 3.75. The van der Waals surface area contributed by atoms with Crippen molar-refractivity contribution in [2.75, 3.05) is 4.72 Å². The molecule has 0 atom stereocenters. The molecule has 0 saturated carbocycles. The Bertz CT molecular complexity index is 738. The van der Waals surface area contributed by atoms with Crippen LogP contribution >= 0.6 is 0 Å². The van der Waals surface area contributed by atoms with Crippen molar-refractivity contribution in [1.29, 1.82) is 0 Å². The second kappa shape index (κ2) is 5.40. The van der Waals surface area contributed by atoms with E-state index in [9.17, 15) is 21.6 Å². The lowest BCUT2D eigenvalue weighted by Crippen LogP contribution is -2.14. The number of sulfonamides is 1. The molecular formula is C14H12F3NO2S.